The quantitative estimate of drug-likeness (QED) is 0.534. The minimum absolute atomic E-state index is 0.0303. The summed E-state index contributed by atoms with van der Waals surface area (Å²) in [6.45, 7) is 1.04. The highest BCUT2D eigenvalue weighted by Gasteiger charge is 2.25. The molecule has 0 bridgehead atoms. The maximum Gasteiger partial charge on any atom is 0.274 e. The number of aromatic amines is 1. The summed E-state index contributed by atoms with van der Waals surface area (Å²) in [7, 11) is -1.97. The van der Waals surface area contributed by atoms with Gasteiger partial charge in [-0.1, -0.05) is 18.6 Å². The molecule has 34 heavy (non-hydrogen) atoms. The minimum Gasteiger partial charge on any atom is -0.497 e. The Hall–Kier alpha value is -3.50. The van der Waals surface area contributed by atoms with Crippen molar-refractivity contribution in [2.75, 3.05) is 25.5 Å². The molecule has 1 aliphatic heterocycles. The van der Waals surface area contributed by atoms with Crippen LogP contribution in [-0.4, -0.2) is 48.8 Å². The van der Waals surface area contributed by atoms with Crippen molar-refractivity contribution in [2.45, 2.75) is 30.6 Å². The standard InChI is InChI=1S/C24H26N4O5S/c1-33-19-9-5-17(6-10-19)15-22-26-21(16-23(29)27-22)24(30)25-18-7-11-20(12-8-18)34(31,32)28-13-3-2-4-14-28/h5-12,16H,2-4,13-15H2,1H3,(H,25,30)(H,26,27,29). The molecule has 1 aliphatic rings. The zero-order valence-electron chi connectivity index (χ0n) is 18.8. The maximum absolute atomic E-state index is 12.8. The number of H-pyrrole nitrogens is 1. The summed E-state index contributed by atoms with van der Waals surface area (Å²) in [4.78, 5) is 31.9. The Morgan fingerprint density at radius 1 is 1.06 bits per heavy atom. The fourth-order valence-corrected chi connectivity index (χ4v) is 5.32. The van der Waals surface area contributed by atoms with Gasteiger partial charge < -0.3 is 15.0 Å². The second kappa shape index (κ2) is 10.2. The zero-order valence-corrected chi connectivity index (χ0v) is 19.6. The number of sulfonamides is 1. The molecule has 1 aromatic heterocycles. The van der Waals surface area contributed by atoms with Gasteiger partial charge in [0.1, 0.15) is 17.3 Å². The molecule has 0 atom stereocenters. The predicted octanol–water partition coefficient (Wildman–Crippen LogP) is 2.80. The number of benzene rings is 2. The summed E-state index contributed by atoms with van der Waals surface area (Å²) >= 11 is 0. The molecule has 0 saturated carbocycles. The van der Waals surface area contributed by atoms with Gasteiger partial charge in [0.25, 0.3) is 11.5 Å². The van der Waals surface area contributed by atoms with Crippen molar-refractivity contribution in [3.63, 3.8) is 0 Å². The molecule has 1 saturated heterocycles. The van der Waals surface area contributed by atoms with Gasteiger partial charge in [0, 0.05) is 31.3 Å². The van der Waals surface area contributed by atoms with Crippen molar-refractivity contribution < 1.29 is 17.9 Å². The van der Waals surface area contributed by atoms with E-state index >= 15 is 0 Å². The first-order chi connectivity index (χ1) is 16.3. The third-order valence-corrected chi connectivity index (χ3v) is 7.53. The van der Waals surface area contributed by atoms with Crippen LogP contribution in [-0.2, 0) is 16.4 Å². The van der Waals surface area contributed by atoms with Crippen LogP contribution in [0.1, 0.15) is 41.1 Å². The summed E-state index contributed by atoms with van der Waals surface area (Å²) in [5.41, 5.74) is 0.831. The fraction of sp³-hybridized carbons (Fsp3) is 0.292. The molecule has 9 nitrogen and oxygen atoms in total. The fourth-order valence-electron chi connectivity index (χ4n) is 3.80. The van der Waals surface area contributed by atoms with Crippen LogP contribution in [0, 0.1) is 0 Å². The Kier molecular flexibility index (Phi) is 7.09. The van der Waals surface area contributed by atoms with Crippen LogP contribution in [0.5, 0.6) is 5.75 Å². The number of nitrogens with one attached hydrogen (secondary N) is 2. The minimum atomic E-state index is -3.55. The molecule has 0 aliphatic carbocycles. The van der Waals surface area contributed by atoms with E-state index in [-0.39, 0.29) is 10.6 Å². The third-order valence-electron chi connectivity index (χ3n) is 5.62. The molecule has 2 aromatic carbocycles. The van der Waals surface area contributed by atoms with Crippen LogP contribution in [0.2, 0.25) is 0 Å². The van der Waals surface area contributed by atoms with Gasteiger partial charge in [-0.05, 0) is 54.8 Å². The number of aromatic nitrogens is 2. The molecule has 3 aromatic rings. The van der Waals surface area contributed by atoms with E-state index in [0.717, 1.165) is 30.9 Å². The van der Waals surface area contributed by atoms with E-state index in [2.05, 4.69) is 15.3 Å². The van der Waals surface area contributed by atoms with E-state index in [4.69, 9.17) is 4.74 Å². The molecule has 178 valence electrons. The van der Waals surface area contributed by atoms with Gasteiger partial charge >= 0.3 is 0 Å². The Bertz CT molecular complexity index is 1310. The SMILES string of the molecule is COc1ccc(Cc2nc(C(=O)Nc3ccc(S(=O)(=O)N4CCCCC4)cc3)cc(=O)[nH]2)cc1. The number of nitrogens with zero attached hydrogens (tertiary/aromatic N) is 2. The van der Waals surface area contributed by atoms with E-state index in [1.165, 1.54) is 28.6 Å². The van der Waals surface area contributed by atoms with Crippen LogP contribution in [0.15, 0.2) is 64.3 Å². The third kappa shape index (κ3) is 5.52. The van der Waals surface area contributed by atoms with E-state index < -0.39 is 21.5 Å². The number of methoxy groups -OCH3 is 1. The van der Waals surface area contributed by atoms with E-state index in [0.29, 0.717) is 36.8 Å². The van der Waals surface area contributed by atoms with Crippen molar-refractivity contribution in [1.82, 2.24) is 14.3 Å². The predicted molar refractivity (Wildman–Crippen MR) is 128 cm³/mol. The Morgan fingerprint density at radius 2 is 1.74 bits per heavy atom. The lowest BCUT2D eigenvalue weighted by atomic mass is 10.1. The average Bonchev–Trinajstić information content (AvgIpc) is 2.85. The second-order valence-corrected chi connectivity index (χ2v) is 9.98. The van der Waals surface area contributed by atoms with E-state index in [9.17, 15) is 18.0 Å². The van der Waals surface area contributed by atoms with Gasteiger partial charge in [-0.15, -0.1) is 0 Å². The Balaban J connectivity index is 1.46. The molecule has 2 heterocycles. The summed E-state index contributed by atoms with van der Waals surface area (Å²) in [6.07, 6.45) is 3.09. The first-order valence-corrected chi connectivity index (χ1v) is 12.4. The molecule has 1 fully saturated rings. The molecule has 4 rings (SSSR count). The summed E-state index contributed by atoms with van der Waals surface area (Å²) in [6, 6.07) is 14.4. The highest BCUT2D eigenvalue weighted by atomic mass is 32.2. The van der Waals surface area contributed by atoms with Crippen LogP contribution >= 0.6 is 0 Å². The Morgan fingerprint density at radius 3 is 2.38 bits per heavy atom. The van der Waals surface area contributed by atoms with Gasteiger partial charge in [0.2, 0.25) is 10.0 Å². The van der Waals surface area contributed by atoms with Crippen LogP contribution in [0.25, 0.3) is 0 Å². The Labute approximate surface area is 197 Å². The van der Waals surface area contributed by atoms with E-state index in [1.807, 2.05) is 12.1 Å². The summed E-state index contributed by atoms with van der Waals surface area (Å²) in [5.74, 6) is 0.507. The normalized spacial score (nSPS) is 14.5. The molecule has 2 N–H and O–H groups in total. The van der Waals surface area contributed by atoms with Crippen LogP contribution < -0.4 is 15.6 Å². The lowest BCUT2D eigenvalue weighted by Gasteiger charge is -2.25. The van der Waals surface area contributed by atoms with Crippen molar-refractivity contribution in [3.05, 3.63) is 82.0 Å². The summed E-state index contributed by atoms with van der Waals surface area (Å²) < 4.78 is 32.2. The van der Waals surface area contributed by atoms with Gasteiger partial charge in [-0.2, -0.15) is 4.31 Å². The van der Waals surface area contributed by atoms with Crippen LogP contribution in [0.3, 0.4) is 0 Å². The number of rotatable bonds is 7. The number of carbonyl (C=O) groups is 1. The molecule has 0 radical (unpaired) electrons. The lowest BCUT2D eigenvalue weighted by Crippen LogP contribution is -2.35. The molecular formula is C24H26N4O5S. The first kappa shape index (κ1) is 23.7. The van der Waals surface area contributed by atoms with Crippen molar-refractivity contribution in [1.29, 1.82) is 0 Å². The van der Waals surface area contributed by atoms with Crippen molar-refractivity contribution >= 4 is 21.6 Å². The van der Waals surface area contributed by atoms with Gasteiger partial charge in [0.15, 0.2) is 0 Å². The van der Waals surface area contributed by atoms with Gasteiger partial charge in [0.05, 0.1) is 12.0 Å². The number of ether oxygens (including phenoxy) is 1. The smallest absolute Gasteiger partial charge is 0.274 e. The largest absolute Gasteiger partial charge is 0.497 e. The number of amides is 1. The van der Waals surface area contributed by atoms with E-state index in [1.54, 1.807) is 19.2 Å². The summed E-state index contributed by atoms with van der Waals surface area (Å²) in [5, 5.41) is 2.67. The molecule has 10 heteroatoms. The highest BCUT2D eigenvalue weighted by Crippen LogP contribution is 2.22. The second-order valence-electron chi connectivity index (χ2n) is 8.05. The van der Waals surface area contributed by atoms with Crippen molar-refractivity contribution in [3.8, 4) is 5.75 Å². The van der Waals surface area contributed by atoms with Gasteiger partial charge in [-0.3, -0.25) is 9.59 Å². The van der Waals surface area contributed by atoms with Crippen molar-refractivity contribution in [2.24, 2.45) is 0 Å². The first-order valence-electron chi connectivity index (χ1n) is 11.0. The maximum atomic E-state index is 12.8. The number of carbonyl (C=O) groups excluding carboxylic acids is 1. The molecular weight excluding hydrogens is 456 g/mol. The molecule has 0 spiro atoms. The molecule has 0 unspecified atom stereocenters. The average molecular weight is 483 g/mol. The van der Waals surface area contributed by atoms with Crippen LogP contribution in [0.4, 0.5) is 5.69 Å². The lowest BCUT2D eigenvalue weighted by molar-refractivity contribution is 0.102. The highest BCUT2D eigenvalue weighted by molar-refractivity contribution is 7.89. The monoisotopic (exact) mass is 482 g/mol. The number of hydrogen-bond acceptors (Lipinski definition) is 6. The molecule has 1 amide bonds. The number of hydrogen-bond donors (Lipinski definition) is 2. The number of piperidine rings is 1. The zero-order chi connectivity index (χ0) is 24.1. The topological polar surface area (TPSA) is 121 Å². The van der Waals surface area contributed by atoms with Gasteiger partial charge in [-0.25, -0.2) is 13.4 Å². The number of anilines is 1.